The zero-order valence-electron chi connectivity index (χ0n) is 8.66. The van der Waals surface area contributed by atoms with E-state index in [1.807, 2.05) is 0 Å². The third-order valence-corrected chi connectivity index (χ3v) is 1.69. The van der Waals surface area contributed by atoms with E-state index < -0.39 is 0 Å². The number of carbonyl (C=O) groups is 1. The summed E-state index contributed by atoms with van der Waals surface area (Å²) >= 11 is 0. The Balaban J connectivity index is 0.000000212. The summed E-state index contributed by atoms with van der Waals surface area (Å²) < 4.78 is 9.11. The smallest absolute Gasteiger partial charge is 0.161 e. The number of rotatable bonds is 2. The lowest BCUT2D eigenvalue weighted by Gasteiger charge is -2.01. The first-order chi connectivity index (χ1) is 7.77. The lowest BCUT2D eigenvalue weighted by molar-refractivity contribution is 0.112. The van der Waals surface area contributed by atoms with Crippen LogP contribution < -0.4 is 4.74 Å². The second kappa shape index (κ2) is 6.23. The van der Waals surface area contributed by atoms with Gasteiger partial charge in [-0.15, -0.1) is 0 Å². The third-order valence-electron chi connectivity index (χ3n) is 1.69. The van der Waals surface area contributed by atoms with Gasteiger partial charge in [-0.1, -0.05) is 5.16 Å². The van der Waals surface area contributed by atoms with Crippen molar-refractivity contribution < 1.29 is 19.2 Å². The molecule has 0 radical (unpaired) electrons. The molecule has 0 bridgehead atoms. The molecule has 0 saturated carbocycles. The van der Waals surface area contributed by atoms with Crippen LogP contribution in [0.1, 0.15) is 10.4 Å². The average Bonchev–Trinajstić information content (AvgIpc) is 2.88. The molecule has 1 heterocycles. The van der Waals surface area contributed by atoms with Crippen molar-refractivity contribution in [2.75, 3.05) is 7.11 Å². The number of phenolic OH excluding ortho intramolecular Hbond substituents is 1. The molecule has 2 rings (SSSR count). The van der Waals surface area contributed by atoms with E-state index in [-0.39, 0.29) is 5.75 Å². The maximum absolute atomic E-state index is 10.2. The lowest BCUT2D eigenvalue weighted by Crippen LogP contribution is -1.85. The zero-order chi connectivity index (χ0) is 11.8. The Morgan fingerprint density at radius 2 is 2.31 bits per heavy atom. The number of methoxy groups -OCH3 is 1. The van der Waals surface area contributed by atoms with Crippen LogP contribution in [0.5, 0.6) is 11.5 Å². The van der Waals surface area contributed by atoms with Gasteiger partial charge in [0.25, 0.3) is 0 Å². The normalized spacial score (nSPS) is 8.81. The molecule has 5 heteroatoms. The first-order valence-electron chi connectivity index (χ1n) is 4.44. The largest absolute Gasteiger partial charge is 0.504 e. The predicted octanol–water partition coefficient (Wildman–Crippen LogP) is 1.89. The molecule has 1 aromatic carbocycles. The second-order valence-electron chi connectivity index (χ2n) is 2.74. The van der Waals surface area contributed by atoms with Crippen molar-refractivity contribution >= 4 is 6.29 Å². The first-order valence-corrected chi connectivity index (χ1v) is 4.44. The summed E-state index contributed by atoms with van der Waals surface area (Å²) in [6, 6.07) is 6.13. The molecular weight excluding hydrogens is 210 g/mol. The summed E-state index contributed by atoms with van der Waals surface area (Å²) in [5.41, 5.74) is 0.486. The van der Waals surface area contributed by atoms with Crippen LogP contribution in [-0.4, -0.2) is 23.7 Å². The van der Waals surface area contributed by atoms with Crippen LogP contribution in [0.15, 0.2) is 41.2 Å². The molecule has 0 saturated heterocycles. The first kappa shape index (κ1) is 11.8. The number of hydrogen-bond acceptors (Lipinski definition) is 5. The Kier molecular flexibility index (Phi) is 4.59. The minimum atomic E-state index is 0.0399. The molecule has 0 fully saturated rings. The number of nitrogens with zero attached hydrogens (tertiary/aromatic N) is 1. The fourth-order valence-electron chi connectivity index (χ4n) is 0.943. The zero-order valence-corrected chi connectivity index (χ0v) is 8.66. The van der Waals surface area contributed by atoms with Crippen molar-refractivity contribution in [1.29, 1.82) is 0 Å². The summed E-state index contributed by atoms with van der Waals surface area (Å²) in [7, 11) is 1.43. The fourth-order valence-corrected chi connectivity index (χ4v) is 0.943. The van der Waals surface area contributed by atoms with Crippen LogP contribution in [0.25, 0.3) is 0 Å². The van der Waals surface area contributed by atoms with E-state index in [9.17, 15) is 4.79 Å². The molecule has 16 heavy (non-hydrogen) atoms. The lowest BCUT2D eigenvalue weighted by atomic mass is 10.2. The van der Waals surface area contributed by atoms with E-state index in [1.54, 1.807) is 12.3 Å². The molecule has 0 atom stereocenters. The van der Waals surface area contributed by atoms with Gasteiger partial charge in [-0.3, -0.25) is 4.79 Å². The maximum atomic E-state index is 10.2. The Morgan fingerprint density at radius 1 is 1.50 bits per heavy atom. The topological polar surface area (TPSA) is 72.6 Å². The molecule has 0 spiro atoms. The molecule has 0 unspecified atom stereocenters. The molecule has 0 aliphatic rings. The molecule has 2 aromatic rings. The van der Waals surface area contributed by atoms with Crippen LogP contribution in [0, 0.1) is 0 Å². The molecule has 0 aliphatic heterocycles. The van der Waals surface area contributed by atoms with E-state index in [1.165, 1.54) is 31.6 Å². The molecule has 1 aromatic heterocycles. The predicted molar refractivity (Wildman–Crippen MR) is 56.5 cm³/mol. The van der Waals surface area contributed by atoms with Gasteiger partial charge in [0.15, 0.2) is 11.5 Å². The second-order valence-corrected chi connectivity index (χ2v) is 2.74. The van der Waals surface area contributed by atoms with E-state index in [0.29, 0.717) is 17.6 Å². The summed E-state index contributed by atoms with van der Waals surface area (Å²) in [5.74, 6) is 0.354. The summed E-state index contributed by atoms with van der Waals surface area (Å²) in [6.07, 6.45) is 3.79. The van der Waals surface area contributed by atoms with Gasteiger partial charge >= 0.3 is 0 Å². The van der Waals surface area contributed by atoms with Crippen LogP contribution >= 0.6 is 0 Å². The van der Waals surface area contributed by atoms with E-state index in [4.69, 9.17) is 9.84 Å². The Bertz CT molecular complexity index is 408. The quantitative estimate of drug-likeness (QED) is 0.784. The van der Waals surface area contributed by atoms with Crippen LogP contribution in [0.3, 0.4) is 0 Å². The minimum absolute atomic E-state index is 0.0399. The molecule has 84 valence electrons. The van der Waals surface area contributed by atoms with Gasteiger partial charge in [0, 0.05) is 5.56 Å². The molecule has 5 nitrogen and oxygen atoms in total. The van der Waals surface area contributed by atoms with Gasteiger partial charge < -0.3 is 14.4 Å². The molecule has 0 amide bonds. The highest BCUT2D eigenvalue weighted by atomic mass is 16.5. The average molecular weight is 221 g/mol. The monoisotopic (exact) mass is 221 g/mol. The van der Waals surface area contributed by atoms with E-state index in [2.05, 4.69) is 9.68 Å². The van der Waals surface area contributed by atoms with Crippen molar-refractivity contribution in [3.8, 4) is 11.5 Å². The summed E-state index contributed by atoms with van der Waals surface area (Å²) in [6.45, 7) is 0. The number of carbonyl (C=O) groups excluding carboxylic acids is 1. The highest BCUT2D eigenvalue weighted by Crippen LogP contribution is 2.25. The van der Waals surface area contributed by atoms with Crippen molar-refractivity contribution in [2.45, 2.75) is 0 Å². The molecule has 1 N–H and O–H groups in total. The van der Waals surface area contributed by atoms with Crippen LogP contribution in [0.2, 0.25) is 0 Å². The van der Waals surface area contributed by atoms with Gasteiger partial charge in [0.1, 0.15) is 12.5 Å². The number of ether oxygens (including phenoxy) is 1. The highest BCUT2D eigenvalue weighted by molar-refractivity contribution is 5.76. The SMILES string of the molecule is COc1cc(C=O)ccc1O.c1cnoc1. The van der Waals surface area contributed by atoms with Crippen LogP contribution in [0.4, 0.5) is 0 Å². The van der Waals surface area contributed by atoms with Crippen molar-refractivity contribution in [2.24, 2.45) is 0 Å². The highest BCUT2D eigenvalue weighted by Gasteiger charge is 2.00. The Hall–Kier alpha value is -2.30. The number of benzene rings is 1. The maximum Gasteiger partial charge on any atom is 0.161 e. The number of aromatic nitrogens is 1. The van der Waals surface area contributed by atoms with Gasteiger partial charge in [-0.2, -0.15) is 0 Å². The Labute approximate surface area is 92.3 Å². The van der Waals surface area contributed by atoms with E-state index >= 15 is 0 Å². The van der Waals surface area contributed by atoms with E-state index in [0.717, 1.165) is 0 Å². The third kappa shape index (κ3) is 3.45. The minimum Gasteiger partial charge on any atom is -0.504 e. The standard InChI is InChI=1S/C8H8O3.C3H3NO/c1-11-8-4-6(5-9)2-3-7(8)10;1-2-4-5-3-1/h2-5,10H,1H3;1-3H. The van der Waals surface area contributed by atoms with Crippen molar-refractivity contribution in [3.05, 3.63) is 42.3 Å². The van der Waals surface area contributed by atoms with Crippen LogP contribution in [-0.2, 0) is 0 Å². The van der Waals surface area contributed by atoms with Gasteiger partial charge in [0.05, 0.1) is 13.3 Å². The number of hydrogen-bond donors (Lipinski definition) is 1. The van der Waals surface area contributed by atoms with Gasteiger partial charge in [0.2, 0.25) is 0 Å². The molecule has 0 aliphatic carbocycles. The van der Waals surface area contributed by atoms with Gasteiger partial charge in [-0.05, 0) is 24.3 Å². The number of aromatic hydroxyl groups is 1. The number of aldehydes is 1. The van der Waals surface area contributed by atoms with Crippen molar-refractivity contribution in [1.82, 2.24) is 5.16 Å². The summed E-state index contributed by atoms with van der Waals surface area (Å²) in [5, 5.41) is 12.4. The van der Waals surface area contributed by atoms with Gasteiger partial charge in [-0.25, -0.2) is 0 Å². The molecular formula is C11H11NO4. The number of phenols is 1. The van der Waals surface area contributed by atoms with Crippen molar-refractivity contribution in [3.63, 3.8) is 0 Å². The fraction of sp³-hybridized carbons (Fsp3) is 0.0909. The Morgan fingerprint density at radius 3 is 2.75 bits per heavy atom. The summed E-state index contributed by atoms with van der Waals surface area (Å²) in [4.78, 5) is 10.2.